The molecule has 1 aliphatic rings. The molecule has 110 valence electrons. The Kier molecular flexibility index (Phi) is 4.17. The van der Waals surface area contributed by atoms with Crippen LogP contribution < -0.4 is 5.56 Å². The fourth-order valence-electron chi connectivity index (χ4n) is 2.12. The van der Waals surface area contributed by atoms with Crippen LogP contribution in [0.4, 0.5) is 0 Å². The molecule has 1 atom stereocenters. The summed E-state index contributed by atoms with van der Waals surface area (Å²) in [5, 5.41) is -0.222. The number of ether oxygens (including phenoxy) is 1. The van der Waals surface area contributed by atoms with Crippen LogP contribution in [-0.4, -0.2) is 43.4 Å². The summed E-state index contributed by atoms with van der Waals surface area (Å²) in [6.45, 7) is 0.221. The average Bonchev–Trinajstić information content (AvgIpc) is 2.90. The van der Waals surface area contributed by atoms with Gasteiger partial charge in [-0.3, -0.25) is 9.59 Å². The summed E-state index contributed by atoms with van der Waals surface area (Å²) in [6, 6.07) is 0.234. The number of pyridine rings is 1. The number of sulfonamides is 1. The molecule has 0 aliphatic carbocycles. The molecule has 0 aromatic carbocycles. The molecule has 20 heavy (non-hydrogen) atoms. The maximum atomic E-state index is 12.5. The molecule has 2 rings (SSSR count). The molecule has 7 nitrogen and oxygen atoms in total. The number of methoxy groups -OCH3 is 1. The lowest BCUT2D eigenvalue weighted by atomic mass is 10.2. The molecule has 1 aromatic rings. The monoisotopic (exact) mass is 320 g/mol. The molecule has 1 unspecified atom stereocenters. The minimum atomic E-state index is -3.90. The van der Waals surface area contributed by atoms with Gasteiger partial charge in [0.1, 0.15) is 11.1 Å². The zero-order valence-corrected chi connectivity index (χ0v) is 12.2. The second-order valence-electron chi connectivity index (χ2n) is 4.31. The Morgan fingerprint density at radius 2 is 2.25 bits per heavy atom. The van der Waals surface area contributed by atoms with E-state index < -0.39 is 27.6 Å². The second kappa shape index (κ2) is 5.55. The predicted molar refractivity (Wildman–Crippen MR) is 71.0 cm³/mol. The Morgan fingerprint density at radius 1 is 1.55 bits per heavy atom. The van der Waals surface area contributed by atoms with Gasteiger partial charge in [0.15, 0.2) is 0 Å². The number of nitrogens with zero attached hydrogens (tertiary/aromatic N) is 1. The van der Waals surface area contributed by atoms with Gasteiger partial charge in [-0.15, -0.1) is 0 Å². The van der Waals surface area contributed by atoms with Crippen molar-refractivity contribution >= 4 is 27.6 Å². The Morgan fingerprint density at radius 3 is 2.85 bits per heavy atom. The summed E-state index contributed by atoms with van der Waals surface area (Å²) in [5.41, 5.74) is -0.573. The Balaban J connectivity index is 2.41. The molecule has 0 amide bonds. The third kappa shape index (κ3) is 2.58. The highest BCUT2D eigenvalue weighted by Crippen LogP contribution is 2.26. The molecule has 0 saturated carbocycles. The van der Waals surface area contributed by atoms with Crippen LogP contribution >= 0.6 is 11.6 Å². The van der Waals surface area contributed by atoms with Crippen LogP contribution in [-0.2, 0) is 19.6 Å². The third-order valence-corrected chi connectivity index (χ3v) is 5.28. The van der Waals surface area contributed by atoms with E-state index in [1.807, 2.05) is 0 Å². The van der Waals surface area contributed by atoms with E-state index in [4.69, 9.17) is 11.6 Å². The van der Waals surface area contributed by atoms with Crippen LogP contribution in [0, 0.1) is 0 Å². The maximum Gasteiger partial charge on any atom is 0.324 e. The SMILES string of the molecule is COC(=O)C1CCCN1S(=O)(=O)c1c[nH]c(=O)c(Cl)c1. The van der Waals surface area contributed by atoms with Gasteiger partial charge in [0.05, 0.1) is 12.0 Å². The largest absolute Gasteiger partial charge is 0.468 e. The molecule has 0 spiro atoms. The molecule has 1 N–H and O–H groups in total. The van der Waals surface area contributed by atoms with Gasteiger partial charge < -0.3 is 9.72 Å². The van der Waals surface area contributed by atoms with Gasteiger partial charge in [-0.1, -0.05) is 11.6 Å². The number of hydrogen-bond donors (Lipinski definition) is 1. The first-order valence-corrected chi connectivity index (χ1v) is 7.67. The first kappa shape index (κ1) is 15.0. The lowest BCUT2D eigenvalue weighted by molar-refractivity contribution is -0.144. The van der Waals surface area contributed by atoms with Crippen LogP contribution in [0.3, 0.4) is 0 Å². The number of halogens is 1. The molecular formula is C11H13ClN2O5S. The average molecular weight is 321 g/mol. The van der Waals surface area contributed by atoms with Gasteiger partial charge >= 0.3 is 5.97 Å². The summed E-state index contributed by atoms with van der Waals surface area (Å²) in [7, 11) is -2.69. The van der Waals surface area contributed by atoms with Crippen LogP contribution in [0.25, 0.3) is 0 Å². The van der Waals surface area contributed by atoms with E-state index in [2.05, 4.69) is 9.72 Å². The van der Waals surface area contributed by atoms with Crippen molar-refractivity contribution in [3.8, 4) is 0 Å². The van der Waals surface area contributed by atoms with E-state index in [0.717, 1.165) is 16.6 Å². The van der Waals surface area contributed by atoms with E-state index in [-0.39, 0.29) is 16.5 Å². The molecular weight excluding hydrogens is 308 g/mol. The van der Waals surface area contributed by atoms with E-state index in [1.54, 1.807) is 0 Å². The Hall–Kier alpha value is -1.38. The minimum absolute atomic E-state index is 0.155. The highest BCUT2D eigenvalue weighted by molar-refractivity contribution is 7.89. The third-order valence-electron chi connectivity index (χ3n) is 3.11. The standard InChI is InChI=1S/C11H13ClN2O5S/c1-19-11(16)9-3-2-4-14(9)20(17,18)7-5-8(12)10(15)13-6-7/h5-6,9H,2-4H2,1H3,(H,13,15). The molecule has 1 aromatic heterocycles. The number of carbonyl (C=O) groups excluding carboxylic acids is 1. The van der Waals surface area contributed by atoms with Crippen molar-refractivity contribution in [2.24, 2.45) is 0 Å². The summed E-state index contributed by atoms with van der Waals surface area (Å²) in [5.74, 6) is -0.596. The zero-order valence-electron chi connectivity index (χ0n) is 10.6. The van der Waals surface area contributed by atoms with Crippen molar-refractivity contribution in [2.75, 3.05) is 13.7 Å². The lowest BCUT2D eigenvalue weighted by Crippen LogP contribution is -2.41. The molecule has 0 bridgehead atoms. The van der Waals surface area contributed by atoms with Gasteiger partial charge in [-0.2, -0.15) is 4.31 Å². The van der Waals surface area contributed by atoms with Crippen molar-refractivity contribution in [2.45, 2.75) is 23.8 Å². The van der Waals surface area contributed by atoms with Crippen LogP contribution in [0.1, 0.15) is 12.8 Å². The van der Waals surface area contributed by atoms with Crippen molar-refractivity contribution in [1.82, 2.24) is 9.29 Å². The zero-order chi connectivity index (χ0) is 14.9. The molecule has 0 radical (unpaired) electrons. The van der Waals surface area contributed by atoms with Crippen molar-refractivity contribution in [3.05, 3.63) is 27.6 Å². The number of hydrogen-bond acceptors (Lipinski definition) is 5. The van der Waals surface area contributed by atoms with Gasteiger partial charge in [0, 0.05) is 12.7 Å². The number of carbonyl (C=O) groups is 1. The van der Waals surface area contributed by atoms with Crippen LogP contribution in [0.15, 0.2) is 22.0 Å². The fourth-order valence-corrected chi connectivity index (χ4v) is 4.00. The normalized spacial score (nSPS) is 20.0. The first-order valence-electron chi connectivity index (χ1n) is 5.86. The Labute approximate surface area is 120 Å². The van der Waals surface area contributed by atoms with Gasteiger partial charge in [0.2, 0.25) is 10.0 Å². The molecule has 2 heterocycles. The van der Waals surface area contributed by atoms with Crippen molar-refractivity contribution in [1.29, 1.82) is 0 Å². The molecule has 9 heteroatoms. The highest BCUT2D eigenvalue weighted by Gasteiger charge is 2.40. The van der Waals surface area contributed by atoms with Crippen molar-refractivity contribution < 1.29 is 17.9 Å². The summed E-state index contributed by atoms with van der Waals surface area (Å²) >= 11 is 5.63. The lowest BCUT2D eigenvalue weighted by Gasteiger charge is -2.21. The van der Waals surface area contributed by atoms with Gasteiger partial charge in [-0.25, -0.2) is 8.42 Å². The summed E-state index contributed by atoms with van der Waals surface area (Å²) in [6.07, 6.45) is 2.04. The molecule has 1 fully saturated rings. The maximum absolute atomic E-state index is 12.5. The van der Waals surface area contributed by atoms with Crippen LogP contribution in [0.5, 0.6) is 0 Å². The predicted octanol–water partition coefficient (Wildman–Crippen LogP) is 0.354. The van der Waals surface area contributed by atoms with Crippen LogP contribution in [0.2, 0.25) is 5.02 Å². The van der Waals surface area contributed by atoms with E-state index >= 15 is 0 Å². The topological polar surface area (TPSA) is 96.5 Å². The second-order valence-corrected chi connectivity index (χ2v) is 6.61. The molecule has 1 aliphatic heterocycles. The van der Waals surface area contributed by atoms with Gasteiger partial charge in [-0.05, 0) is 18.9 Å². The number of aromatic nitrogens is 1. The number of esters is 1. The minimum Gasteiger partial charge on any atom is -0.468 e. The number of H-pyrrole nitrogens is 1. The van der Waals surface area contributed by atoms with E-state index in [1.165, 1.54) is 7.11 Å². The molecule has 1 saturated heterocycles. The number of aromatic amines is 1. The quantitative estimate of drug-likeness (QED) is 0.811. The van der Waals surface area contributed by atoms with Crippen molar-refractivity contribution in [3.63, 3.8) is 0 Å². The number of rotatable bonds is 3. The fraction of sp³-hybridized carbons (Fsp3) is 0.455. The first-order chi connectivity index (χ1) is 9.37. The smallest absolute Gasteiger partial charge is 0.324 e. The van der Waals surface area contributed by atoms with E-state index in [9.17, 15) is 18.0 Å². The van der Waals surface area contributed by atoms with E-state index in [0.29, 0.717) is 12.8 Å². The number of nitrogens with one attached hydrogen (secondary N) is 1. The summed E-state index contributed by atoms with van der Waals surface area (Å²) < 4.78 is 30.6. The van der Waals surface area contributed by atoms with Gasteiger partial charge in [0.25, 0.3) is 5.56 Å². The summed E-state index contributed by atoms with van der Waals surface area (Å²) in [4.78, 5) is 24.9. The highest BCUT2D eigenvalue weighted by atomic mass is 35.5. The Bertz CT molecular complexity index is 684.